The molecular formula is C20H22N4O5. The molecular weight excluding hydrogens is 376 g/mol. The molecule has 0 aromatic heterocycles. The summed E-state index contributed by atoms with van der Waals surface area (Å²) in [6.07, 6.45) is 1.43. The molecule has 0 radical (unpaired) electrons. The van der Waals surface area contributed by atoms with Gasteiger partial charge in [-0.15, -0.1) is 0 Å². The van der Waals surface area contributed by atoms with Gasteiger partial charge in [0.25, 0.3) is 5.69 Å². The fourth-order valence-corrected chi connectivity index (χ4v) is 3.12. The number of ether oxygens (including phenoxy) is 1. The molecule has 1 aliphatic rings. The summed E-state index contributed by atoms with van der Waals surface area (Å²) in [6, 6.07) is 10.7. The highest BCUT2D eigenvalue weighted by Gasteiger charge is 2.22. The van der Waals surface area contributed by atoms with Crippen LogP contribution in [0.4, 0.5) is 22.7 Å². The van der Waals surface area contributed by atoms with E-state index < -0.39 is 11.0 Å². The van der Waals surface area contributed by atoms with Gasteiger partial charge in [-0.2, -0.15) is 0 Å². The quantitative estimate of drug-likeness (QED) is 0.547. The Morgan fingerprint density at radius 1 is 1.24 bits per heavy atom. The highest BCUT2D eigenvalue weighted by atomic mass is 16.6. The van der Waals surface area contributed by atoms with Crippen molar-refractivity contribution in [3.05, 3.63) is 52.6 Å². The SMILES string of the molecule is COc1ccc([N+](=O)[O-])cc1NC(=O)[C@@H](C)Nc1ccc(N2CCCC2=O)cc1. The second-order valence-corrected chi connectivity index (χ2v) is 6.69. The maximum absolute atomic E-state index is 12.5. The molecule has 1 aliphatic heterocycles. The molecule has 1 fully saturated rings. The minimum absolute atomic E-state index is 0.115. The lowest BCUT2D eigenvalue weighted by molar-refractivity contribution is -0.384. The van der Waals surface area contributed by atoms with Crippen LogP contribution in [0.15, 0.2) is 42.5 Å². The van der Waals surface area contributed by atoms with Gasteiger partial charge in [0, 0.05) is 36.5 Å². The first kappa shape index (κ1) is 20.1. The summed E-state index contributed by atoms with van der Waals surface area (Å²) in [5.74, 6) is 0.0720. The van der Waals surface area contributed by atoms with Crippen molar-refractivity contribution in [1.29, 1.82) is 0 Å². The van der Waals surface area contributed by atoms with E-state index in [4.69, 9.17) is 4.74 Å². The van der Waals surface area contributed by atoms with Gasteiger partial charge in [0.05, 0.1) is 17.7 Å². The molecule has 152 valence electrons. The van der Waals surface area contributed by atoms with Crippen molar-refractivity contribution < 1.29 is 19.2 Å². The Kier molecular flexibility index (Phi) is 5.96. The lowest BCUT2D eigenvalue weighted by Gasteiger charge is -2.18. The van der Waals surface area contributed by atoms with Crippen molar-refractivity contribution in [2.45, 2.75) is 25.8 Å². The van der Waals surface area contributed by atoms with Crippen LogP contribution in [0.25, 0.3) is 0 Å². The predicted molar refractivity (Wildman–Crippen MR) is 109 cm³/mol. The fourth-order valence-electron chi connectivity index (χ4n) is 3.12. The van der Waals surface area contributed by atoms with Gasteiger partial charge in [-0.25, -0.2) is 0 Å². The maximum Gasteiger partial charge on any atom is 0.271 e. The van der Waals surface area contributed by atoms with E-state index >= 15 is 0 Å². The van der Waals surface area contributed by atoms with Gasteiger partial charge >= 0.3 is 0 Å². The van der Waals surface area contributed by atoms with Gasteiger partial charge in [0.15, 0.2) is 0 Å². The number of hydrogen-bond acceptors (Lipinski definition) is 6. The number of anilines is 3. The molecule has 2 aromatic rings. The first-order valence-corrected chi connectivity index (χ1v) is 9.19. The summed E-state index contributed by atoms with van der Waals surface area (Å²) < 4.78 is 5.16. The molecule has 1 atom stereocenters. The molecule has 0 saturated carbocycles. The monoisotopic (exact) mass is 398 g/mol. The van der Waals surface area contributed by atoms with Gasteiger partial charge in [-0.3, -0.25) is 19.7 Å². The van der Waals surface area contributed by atoms with Crippen molar-refractivity contribution >= 4 is 34.6 Å². The lowest BCUT2D eigenvalue weighted by atomic mass is 10.2. The number of benzene rings is 2. The molecule has 9 nitrogen and oxygen atoms in total. The van der Waals surface area contributed by atoms with Crippen LogP contribution >= 0.6 is 0 Å². The zero-order valence-electron chi connectivity index (χ0n) is 16.2. The maximum atomic E-state index is 12.5. The molecule has 0 bridgehead atoms. The lowest BCUT2D eigenvalue weighted by Crippen LogP contribution is -2.32. The van der Waals surface area contributed by atoms with Crippen molar-refractivity contribution in [3.63, 3.8) is 0 Å². The molecule has 0 aliphatic carbocycles. The van der Waals surface area contributed by atoms with Crippen LogP contribution in [-0.4, -0.2) is 36.4 Å². The Morgan fingerprint density at radius 2 is 1.97 bits per heavy atom. The average Bonchev–Trinajstić information content (AvgIpc) is 3.14. The number of rotatable bonds is 7. The van der Waals surface area contributed by atoms with E-state index in [9.17, 15) is 19.7 Å². The third-order valence-electron chi connectivity index (χ3n) is 4.68. The number of nitro groups is 1. The Morgan fingerprint density at radius 3 is 2.55 bits per heavy atom. The Labute approximate surface area is 167 Å². The van der Waals surface area contributed by atoms with Crippen molar-refractivity contribution in [3.8, 4) is 5.75 Å². The average molecular weight is 398 g/mol. The molecule has 2 amide bonds. The largest absolute Gasteiger partial charge is 0.495 e. The van der Waals surface area contributed by atoms with Crippen LogP contribution in [-0.2, 0) is 9.59 Å². The fraction of sp³-hybridized carbons (Fsp3) is 0.300. The molecule has 2 aromatic carbocycles. The minimum atomic E-state index is -0.613. The van der Waals surface area contributed by atoms with Gasteiger partial charge in [-0.05, 0) is 43.7 Å². The van der Waals surface area contributed by atoms with Gasteiger partial charge in [0.1, 0.15) is 11.8 Å². The van der Waals surface area contributed by atoms with Crippen LogP contribution in [0.2, 0.25) is 0 Å². The Hall–Kier alpha value is -3.62. The summed E-state index contributed by atoms with van der Waals surface area (Å²) in [7, 11) is 1.42. The predicted octanol–water partition coefficient (Wildman–Crippen LogP) is 3.17. The standard InChI is InChI=1S/C20H22N4O5/c1-13(20(26)22-17-12-16(24(27)28)9-10-18(17)29-2)21-14-5-7-15(8-6-14)23-11-3-4-19(23)25/h5-10,12-13,21H,3-4,11H2,1-2H3,(H,22,26)/t13-/m1/s1. The van der Waals surface area contributed by atoms with Crippen LogP contribution < -0.4 is 20.3 Å². The zero-order valence-corrected chi connectivity index (χ0v) is 16.2. The second kappa shape index (κ2) is 8.59. The van der Waals surface area contributed by atoms with E-state index in [1.165, 1.54) is 25.3 Å². The topological polar surface area (TPSA) is 114 Å². The molecule has 1 heterocycles. The Bertz CT molecular complexity index is 929. The summed E-state index contributed by atoms with van der Waals surface area (Å²) in [6.45, 7) is 2.40. The highest BCUT2D eigenvalue weighted by molar-refractivity contribution is 5.98. The Balaban J connectivity index is 1.66. The number of carbonyl (C=O) groups is 2. The number of methoxy groups -OCH3 is 1. The number of carbonyl (C=O) groups excluding carboxylic acids is 2. The van der Waals surface area contributed by atoms with E-state index in [0.717, 1.165) is 18.7 Å². The third-order valence-corrected chi connectivity index (χ3v) is 4.68. The molecule has 29 heavy (non-hydrogen) atoms. The summed E-state index contributed by atoms with van der Waals surface area (Å²) >= 11 is 0. The molecule has 2 N–H and O–H groups in total. The number of hydrogen-bond donors (Lipinski definition) is 2. The second-order valence-electron chi connectivity index (χ2n) is 6.69. The highest BCUT2D eigenvalue weighted by Crippen LogP contribution is 2.29. The summed E-state index contributed by atoms with van der Waals surface area (Å²) in [5, 5.41) is 16.7. The third kappa shape index (κ3) is 4.63. The molecule has 0 unspecified atom stereocenters. The van der Waals surface area contributed by atoms with E-state index in [2.05, 4.69) is 10.6 Å². The number of non-ortho nitro benzene ring substituents is 1. The van der Waals surface area contributed by atoms with E-state index in [-0.39, 0.29) is 23.2 Å². The van der Waals surface area contributed by atoms with Gasteiger partial charge in [-0.1, -0.05) is 0 Å². The van der Waals surface area contributed by atoms with Crippen LogP contribution in [0.5, 0.6) is 5.75 Å². The number of nitro benzene ring substituents is 1. The number of nitrogens with one attached hydrogen (secondary N) is 2. The van der Waals surface area contributed by atoms with Crippen LogP contribution in [0.1, 0.15) is 19.8 Å². The van der Waals surface area contributed by atoms with Crippen LogP contribution in [0.3, 0.4) is 0 Å². The summed E-state index contributed by atoms with van der Waals surface area (Å²) in [4.78, 5) is 36.5. The van der Waals surface area contributed by atoms with E-state index in [0.29, 0.717) is 17.9 Å². The summed E-state index contributed by atoms with van der Waals surface area (Å²) in [5.41, 5.74) is 1.63. The minimum Gasteiger partial charge on any atom is -0.495 e. The van der Waals surface area contributed by atoms with Gasteiger partial charge < -0.3 is 20.3 Å². The van der Waals surface area contributed by atoms with Crippen molar-refractivity contribution in [2.75, 3.05) is 29.2 Å². The van der Waals surface area contributed by atoms with Crippen molar-refractivity contribution in [2.24, 2.45) is 0 Å². The normalized spacial score (nSPS) is 14.4. The molecule has 9 heteroatoms. The van der Waals surface area contributed by atoms with Crippen LogP contribution in [0, 0.1) is 10.1 Å². The molecule has 1 saturated heterocycles. The molecule has 3 rings (SSSR count). The molecule has 0 spiro atoms. The van der Waals surface area contributed by atoms with Crippen molar-refractivity contribution in [1.82, 2.24) is 0 Å². The first-order valence-electron chi connectivity index (χ1n) is 9.19. The van der Waals surface area contributed by atoms with E-state index in [1.807, 2.05) is 12.1 Å². The smallest absolute Gasteiger partial charge is 0.271 e. The number of amides is 2. The van der Waals surface area contributed by atoms with Gasteiger partial charge in [0.2, 0.25) is 11.8 Å². The number of nitrogens with zero attached hydrogens (tertiary/aromatic N) is 2. The zero-order chi connectivity index (χ0) is 21.0. The van der Waals surface area contributed by atoms with E-state index in [1.54, 1.807) is 24.0 Å². The first-order chi connectivity index (χ1) is 13.9.